The second-order valence-corrected chi connectivity index (χ2v) is 4.09. The summed E-state index contributed by atoms with van der Waals surface area (Å²) < 4.78 is 5.33. The minimum absolute atomic E-state index is 0.288. The third-order valence-corrected chi connectivity index (χ3v) is 2.39. The number of rotatable bonds is 6. The van der Waals surface area contributed by atoms with Crippen LogP contribution in [0, 0.1) is 0 Å². The molecule has 0 radical (unpaired) electrons. The lowest BCUT2D eigenvalue weighted by atomic mass is 10.2. The summed E-state index contributed by atoms with van der Waals surface area (Å²) in [5.74, 6) is 0. The van der Waals surface area contributed by atoms with E-state index in [-0.39, 0.29) is 6.04 Å². The molecule has 0 amide bonds. The highest BCUT2D eigenvalue weighted by molar-refractivity contribution is 7.80. The van der Waals surface area contributed by atoms with E-state index >= 15 is 0 Å². The average molecular weight is 238 g/mol. The fourth-order valence-corrected chi connectivity index (χ4v) is 1.49. The van der Waals surface area contributed by atoms with Gasteiger partial charge < -0.3 is 15.8 Å². The Morgan fingerprint density at radius 2 is 2.06 bits per heavy atom. The molecule has 0 heterocycles. The molecule has 16 heavy (non-hydrogen) atoms. The van der Waals surface area contributed by atoms with Gasteiger partial charge in [0.2, 0.25) is 0 Å². The van der Waals surface area contributed by atoms with E-state index in [9.17, 15) is 0 Å². The number of hydrogen-bond donors (Lipinski definition) is 2. The zero-order chi connectivity index (χ0) is 12.0. The highest BCUT2D eigenvalue weighted by Gasteiger charge is 2.02. The number of thiocarbonyl (C=S) groups is 1. The van der Waals surface area contributed by atoms with Crippen molar-refractivity contribution in [2.45, 2.75) is 19.9 Å². The lowest BCUT2D eigenvalue weighted by Gasteiger charge is -2.15. The molecular weight excluding hydrogens is 220 g/mol. The van der Waals surface area contributed by atoms with Crippen molar-refractivity contribution in [3.05, 3.63) is 29.8 Å². The van der Waals surface area contributed by atoms with Gasteiger partial charge in [-0.2, -0.15) is 0 Å². The lowest BCUT2D eigenvalue weighted by Crippen LogP contribution is -2.21. The summed E-state index contributed by atoms with van der Waals surface area (Å²) in [5.41, 5.74) is 7.46. The van der Waals surface area contributed by atoms with Gasteiger partial charge >= 0.3 is 0 Å². The Hall–Kier alpha value is -1.13. The maximum absolute atomic E-state index is 5.52. The predicted octanol–water partition coefficient (Wildman–Crippen LogP) is 2.16. The zero-order valence-electron chi connectivity index (χ0n) is 9.69. The fraction of sp³-hybridized carbons (Fsp3) is 0.417. The van der Waals surface area contributed by atoms with Gasteiger partial charge in [-0.25, -0.2) is 0 Å². The molecule has 0 aliphatic rings. The van der Waals surface area contributed by atoms with Gasteiger partial charge in [-0.1, -0.05) is 12.2 Å². The highest BCUT2D eigenvalue weighted by atomic mass is 32.1. The minimum Gasteiger partial charge on any atom is -0.389 e. The molecule has 0 aliphatic carbocycles. The molecule has 1 rings (SSSR count). The van der Waals surface area contributed by atoms with Crippen molar-refractivity contribution in [3.63, 3.8) is 0 Å². The van der Waals surface area contributed by atoms with Crippen molar-refractivity contribution in [1.82, 2.24) is 0 Å². The third kappa shape index (κ3) is 4.16. The molecule has 0 aliphatic heterocycles. The van der Waals surface area contributed by atoms with E-state index in [0.717, 1.165) is 17.9 Å². The molecule has 0 fully saturated rings. The van der Waals surface area contributed by atoms with Crippen LogP contribution in [0.4, 0.5) is 5.69 Å². The maximum Gasteiger partial charge on any atom is 0.103 e. The molecule has 1 atom stereocenters. The number of benzene rings is 1. The van der Waals surface area contributed by atoms with E-state index in [1.165, 1.54) is 0 Å². The largest absolute Gasteiger partial charge is 0.389 e. The molecule has 0 saturated carbocycles. The van der Waals surface area contributed by atoms with Crippen LogP contribution >= 0.6 is 12.2 Å². The molecule has 4 heteroatoms. The molecule has 3 N–H and O–H groups in total. The van der Waals surface area contributed by atoms with Crippen LogP contribution in [0.5, 0.6) is 0 Å². The summed E-state index contributed by atoms with van der Waals surface area (Å²) >= 11 is 4.89. The number of nitrogens with two attached hydrogens (primary N) is 1. The molecule has 0 saturated heterocycles. The first-order valence-corrected chi connectivity index (χ1v) is 5.78. The van der Waals surface area contributed by atoms with E-state index in [2.05, 4.69) is 12.2 Å². The molecule has 1 aromatic rings. The molecule has 0 bridgehead atoms. The van der Waals surface area contributed by atoms with Gasteiger partial charge in [0.1, 0.15) is 4.99 Å². The highest BCUT2D eigenvalue weighted by Crippen LogP contribution is 2.10. The Labute approximate surface area is 102 Å². The molecule has 3 nitrogen and oxygen atoms in total. The quantitative estimate of drug-likeness (QED) is 0.746. The van der Waals surface area contributed by atoms with Crippen LogP contribution in [0.1, 0.15) is 19.4 Å². The van der Waals surface area contributed by atoms with Crippen LogP contribution in [0.2, 0.25) is 0 Å². The van der Waals surface area contributed by atoms with E-state index < -0.39 is 0 Å². The van der Waals surface area contributed by atoms with Crippen molar-refractivity contribution >= 4 is 22.9 Å². The first kappa shape index (κ1) is 12.9. The molecule has 0 aromatic heterocycles. The van der Waals surface area contributed by atoms with Crippen molar-refractivity contribution in [1.29, 1.82) is 0 Å². The fourth-order valence-electron chi connectivity index (χ4n) is 1.35. The second-order valence-electron chi connectivity index (χ2n) is 3.65. The van der Waals surface area contributed by atoms with Crippen molar-refractivity contribution < 1.29 is 4.74 Å². The summed E-state index contributed by atoms with van der Waals surface area (Å²) in [4.78, 5) is 0.425. The first-order chi connectivity index (χ1) is 7.63. The van der Waals surface area contributed by atoms with Crippen molar-refractivity contribution in [2.24, 2.45) is 5.73 Å². The first-order valence-electron chi connectivity index (χ1n) is 5.37. The van der Waals surface area contributed by atoms with Gasteiger partial charge in [0, 0.05) is 23.9 Å². The van der Waals surface area contributed by atoms with Gasteiger partial charge in [0.25, 0.3) is 0 Å². The van der Waals surface area contributed by atoms with Crippen LogP contribution in [0.25, 0.3) is 0 Å². The second kappa shape index (κ2) is 6.45. The Kier molecular flexibility index (Phi) is 5.22. The summed E-state index contributed by atoms with van der Waals surface area (Å²) in [6.07, 6.45) is 0. The molecule has 88 valence electrons. The van der Waals surface area contributed by atoms with Crippen LogP contribution in [-0.2, 0) is 4.74 Å². The zero-order valence-corrected chi connectivity index (χ0v) is 10.5. The van der Waals surface area contributed by atoms with Crippen molar-refractivity contribution in [3.8, 4) is 0 Å². The van der Waals surface area contributed by atoms with E-state index in [4.69, 9.17) is 22.7 Å². The summed E-state index contributed by atoms with van der Waals surface area (Å²) in [6, 6.07) is 8.06. The van der Waals surface area contributed by atoms with Crippen LogP contribution in [0.3, 0.4) is 0 Å². The van der Waals surface area contributed by atoms with Gasteiger partial charge in [-0.05, 0) is 38.1 Å². The van der Waals surface area contributed by atoms with Gasteiger partial charge in [-0.15, -0.1) is 0 Å². The molecule has 0 spiro atoms. The number of hydrogen-bond acceptors (Lipinski definition) is 3. The lowest BCUT2D eigenvalue weighted by molar-refractivity contribution is 0.141. The topological polar surface area (TPSA) is 47.3 Å². The molecule has 1 unspecified atom stereocenters. The molecular formula is C12H18N2OS. The normalized spacial score (nSPS) is 12.1. The van der Waals surface area contributed by atoms with Crippen LogP contribution < -0.4 is 11.1 Å². The summed E-state index contributed by atoms with van der Waals surface area (Å²) in [6.45, 7) is 5.51. The smallest absolute Gasteiger partial charge is 0.103 e. The van der Waals surface area contributed by atoms with Crippen LogP contribution in [-0.4, -0.2) is 24.2 Å². The Morgan fingerprint density at radius 1 is 1.44 bits per heavy atom. The minimum atomic E-state index is 0.288. The van der Waals surface area contributed by atoms with E-state index in [1.54, 1.807) is 0 Å². The summed E-state index contributed by atoms with van der Waals surface area (Å²) in [5, 5.41) is 3.33. The van der Waals surface area contributed by atoms with Gasteiger partial charge in [0.05, 0.1) is 6.61 Å². The third-order valence-electron chi connectivity index (χ3n) is 2.15. The van der Waals surface area contributed by atoms with E-state index in [1.807, 2.05) is 31.2 Å². The Morgan fingerprint density at radius 3 is 2.56 bits per heavy atom. The van der Waals surface area contributed by atoms with E-state index in [0.29, 0.717) is 11.6 Å². The average Bonchev–Trinajstić information content (AvgIpc) is 2.27. The van der Waals surface area contributed by atoms with Gasteiger partial charge in [-0.3, -0.25) is 0 Å². The predicted molar refractivity (Wildman–Crippen MR) is 71.9 cm³/mol. The monoisotopic (exact) mass is 238 g/mol. The van der Waals surface area contributed by atoms with Gasteiger partial charge in [0.15, 0.2) is 0 Å². The number of anilines is 1. The summed E-state index contributed by atoms with van der Waals surface area (Å²) in [7, 11) is 0. The van der Waals surface area contributed by atoms with Crippen LogP contribution in [0.15, 0.2) is 24.3 Å². The molecule has 1 aromatic carbocycles. The number of ether oxygens (including phenoxy) is 1. The number of nitrogens with one attached hydrogen (secondary N) is 1. The standard InChI is InChI=1S/C12H18N2OS/c1-3-15-8-9(2)14-11-6-4-10(5-7-11)12(13)16/h4-7,9,14H,3,8H2,1-2H3,(H2,13,16). The Bertz CT molecular complexity index is 337. The van der Waals surface area contributed by atoms with Crippen molar-refractivity contribution in [2.75, 3.05) is 18.5 Å². The maximum atomic E-state index is 5.52. The SMILES string of the molecule is CCOCC(C)Nc1ccc(C(N)=S)cc1. The Balaban J connectivity index is 2.51.